The van der Waals surface area contributed by atoms with Crippen LogP contribution in [0.15, 0.2) is 17.1 Å². The van der Waals surface area contributed by atoms with E-state index in [1.54, 1.807) is 0 Å². The normalized spacial score (nSPS) is 30.2. The molecule has 0 saturated carbocycles. The van der Waals surface area contributed by atoms with E-state index in [1.165, 1.54) is 0 Å². The van der Waals surface area contributed by atoms with Crippen molar-refractivity contribution in [3.63, 3.8) is 0 Å². The highest BCUT2D eigenvalue weighted by Crippen LogP contribution is 2.66. The van der Waals surface area contributed by atoms with Crippen molar-refractivity contribution in [2.75, 3.05) is 12.3 Å². The van der Waals surface area contributed by atoms with Crippen molar-refractivity contribution in [3.8, 4) is 0 Å². The first-order valence-electron chi connectivity index (χ1n) is 7.84. The minimum atomic E-state index is -5.95. The topological polar surface area (TPSA) is 270 Å². The van der Waals surface area contributed by atoms with E-state index in [1.807, 2.05) is 0 Å². The standard InChI is InChI=1S/C10H16F2N3O14P3/c11-8(12)10(3-26-31(22,23)29-32(24,25)28-30(19,20)21)6(17)5(16)7(27-10)15-2-1-4(13)14-9(15)18/h1-2,5-8,16-17H,3H2,(H,22,23)(H,24,25)(H2,13,14,18)(H2,19,20,21)/t5-,6+,7-,10-/m1/s1. The molecule has 0 aromatic carbocycles. The van der Waals surface area contributed by atoms with Gasteiger partial charge in [0.25, 0.3) is 6.43 Å². The molecule has 32 heavy (non-hydrogen) atoms. The summed E-state index contributed by atoms with van der Waals surface area (Å²) < 4.78 is 77.5. The zero-order valence-electron chi connectivity index (χ0n) is 15.2. The monoisotopic (exact) mass is 533 g/mol. The average molecular weight is 533 g/mol. The van der Waals surface area contributed by atoms with Crippen molar-refractivity contribution in [1.82, 2.24) is 9.55 Å². The number of alkyl halides is 2. The smallest absolute Gasteiger partial charge is 0.387 e. The highest BCUT2D eigenvalue weighted by molar-refractivity contribution is 7.66. The Morgan fingerprint density at radius 1 is 1.19 bits per heavy atom. The van der Waals surface area contributed by atoms with Gasteiger partial charge in [-0.2, -0.15) is 13.6 Å². The summed E-state index contributed by atoms with van der Waals surface area (Å²) in [5.74, 6) is -0.271. The zero-order valence-corrected chi connectivity index (χ0v) is 17.9. The molecule has 2 unspecified atom stereocenters. The number of ether oxygens (including phenoxy) is 1. The van der Waals surface area contributed by atoms with Gasteiger partial charge in [-0.3, -0.25) is 9.09 Å². The average Bonchev–Trinajstić information content (AvgIpc) is 2.83. The van der Waals surface area contributed by atoms with Gasteiger partial charge in [-0.05, 0) is 6.07 Å². The van der Waals surface area contributed by atoms with Crippen molar-refractivity contribution in [1.29, 1.82) is 0 Å². The molecular weight excluding hydrogens is 517 g/mol. The maximum atomic E-state index is 13.8. The minimum absolute atomic E-state index is 0.271. The third kappa shape index (κ3) is 6.24. The highest BCUT2D eigenvalue weighted by atomic mass is 31.3. The van der Waals surface area contributed by atoms with Crippen molar-refractivity contribution in [2.24, 2.45) is 0 Å². The van der Waals surface area contributed by atoms with Crippen LogP contribution in [-0.4, -0.2) is 70.2 Å². The lowest BCUT2D eigenvalue weighted by Crippen LogP contribution is -2.52. The summed E-state index contributed by atoms with van der Waals surface area (Å²) in [6.45, 7) is -1.79. The Labute approximate surface area is 175 Å². The Morgan fingerprint density at radius 2 is 1.78 bits per heavy atom. The number of phosphoric ester groups is 1. The van der Waals surface area contributed by atoms with E-state index in [9.17, 15) is 42.4 Å². The van der Waals surface area contributed by atoms with E-state index < -0.39 is 66.2 Å². The Balaban J connectivity index is 2.27. The van der Waals surface area contributed by atoms with Crippen molar-refractivity contribution < 1.29 is 70.1 Å². The Hall–Kier alpha value is -1.17. The van der Waals surface area contributed by atoms with E-state index >= 15 is 0 Å². The number of nitrogen functional groups attached to an aromatic ring is 1. The van der Waals surface area contributed by atoms with Gasteiger partial charge in [0.2, 0.25) is 0 Å². The SMILES string of the molecule is Nc1ccn([C@@H]2O[C@@](COP(=O)(O)OP(=O)(O)OP(=O)(O)O)(C(F)F)[C@@H](O)[C@H]2O)c(=O)n1. The van der Waals surface area contributed by atoms with Crippen LogP contribution in [0.5, 0.6) is 0 Å². The van der Waals surface area contributed by atoms with Crippen molar-refractivity contribution >= 4 is 29.3 Å². The molecule has 17 nitrogen and oxygen atoms in total. The van der Waals surface area contributed by atoms with Crippen LogP contribution in [0, 0.1) is 0 Å². The van der Waals surface area contributed by atoms with E-state index in [0.29, 0.717) is 4.57 Å². The van der Waals surface area contributed by atoms with Crippen molar-refractivity contribution in [3.05, 3.63) is 22.7 Å². The summed E-state index contributed by atoms with van der Waals surface area (Å²) in [7, 11) is -17.5. The maximum absolute atomic E-state index is 13.8. The van der Waals surface area contributed by atoms with E-state index in [2.05, 4.69) is 18.1 Å². The first kappa shape index (κ1) is 27.1. The second-order valence-electron chi connectivity index (χ2n) is 6.11. The van der Waals surface area contributed by atoms with Gasteiger partial charge in [-0.25, -0.2) is 27.3 Å². The zero-order chi connectivity index (χ0) is 24.7. The summed E-state index contributed by atoms with van der Waals surface area (Å²) in [6.07, 6.45) is -9.69. The number of aliphatic hydroxyl groups excluding tert-OH is 2. The maximum Gasteiger partial charge on any atom is 0.490 e. The first-order valence-corrected chi connectivity index (χ1v) is 12.4. The molecule has 1 aliphatic rings. The lowest BCUT2D eigenvalue weighted by molar-refractivity contribution is -0.193. The molecule has 8 N–H and O–H groups in total. The van der Waals surface area contributed by atoms with Gasteiger partial charge in [-0.1, -0.05) is 0 Å². The lowest BCUT2D eigenvalue weighted by atomic mass is 9.96. The van der Waals surface area contributed by atoms with Gasteiger partial charge in [0, 0.05) is 6.20 Å². The third-order valence-corrected chi connectivity index (χ3v) is 7.60. The van der Waals surface area contributed by atoms with Gasteiger partial charge in [-0.15, -0.1) is 0 Å². The van der Waals surface area contributed by atoms with Gasteiger partial charge in [0.15, 0.2) is 11.8 Å². The van der Waals surface area contributed by atoms with Gasteiger partial charge in [0.1, 0.15) is 18.0 Å². The molecule has 1 fully saturated rings. The third-order valence-electron chi connectivity index (χ3n) is 3.82. The largest absolute Gasteiger partial charge is 0.490 e. The molecule has 1 aromatic rings. The fraction of sp³-hybridized carbons (Fsp3) is 0.600. The Morgan fingerprint density at radius 3 is 2.28 bits per heavy atom. The van der Waals surface area contributed by atoms with E-state index in [4.69, 9.17) is 25.2 Å². The molecule has 2 heterocycles. The van der Waals surface area contributed by atoms with Crippen LogP contribution in [0.25, 0.3) is 0 Å². The summed E-state index contributed by atoms with van der Waals surface area (Å²) in [5, 5.41) is 20.2. The number of aromatic nitrogens is 2. The van der Waals surface area contributed by atoms with Gasteiger partial charge >= 0.3 is 29.2 Å². The molecule has 2 rings (SSSR count). The van der Waals surface area contributed by atoms with Crippen LogP contribution in [-0.2, 0) is 31.6 Å². The summed E-state index contributed by atoms with van der Waals surface area (Å²) in [4.78, 5) is 50.6. The second kappa shape index (κ2) is 9.23. The van der Waals surface area contributed by atoms with Crippen LogP contribution in [0.4, 0.5) is 14.6 Å². The molecule has 0 radical (unpaired) electrons. The highest BCUT2D eigenvalue weighted by Gasteiger charge is 2.61. The van der Waals surface area contributed by atoms with Crippen LogP contribution in [0.3, 0.4) is 0 Å². The van der Waals surface area contributed by atoms with E-state index in [0.717, 1.165) is 12.3 Å². The predicted octanol–water partition coefficient (Wildman–Crippen LogP) is -1.58. The molecule has 22 heteroatoms. The number of aliphatic hydroxyl groups is 2. The Bertz CT molecular complexity index is 1050. The fourth-order valence-electron chi connectivity index (χ4n) is 2.50. The number of rotatable bonds is 9. The molecule has 6 atom stereocenters. The summed E-state index contributed by atoms with van der Waals surface area (Å²) >= 11 is 0. The van der Waals surface area contributed by atoms with Crippen molar-refractivity contribution in [2.45, 2.75) is 30.5 Å². The molecule has 0 aliphatic carbocycles. The van der Waals surface area contributed by atoms with Gasteiger partial charge in [0.05, 0.1) is 6.61 Å². The molecule has 0 bridgehead atoms. The molecule has 0 amide bonds. The Kier molecular flexibility index (Phi) is 7.81. The minimum Gasteiger partial charge on any atom is -0.387 e. The van der Waals surface area contributed by atoms with Crippen LogP contribution < -0.4 is 11.4 Å². The van der Waals surface area contributed by atoms with Crippen LogP contribution in [0.1, 0.15) is 6.23 Å². The molecule has 1 aromatic heterocycles. The number of nitrogens with zero attached hydrogens (tertiary/aromatic N) is 2. The molecule has 1 aliphatic heterocycles. The molecule has 0 spiro atoms. The number of hydrogen-bond acceptors (Lipinski definition) is 12. The second-order valence-corrected chi connectivity index (χ2v) is 10.5. The number of nitrogens with two attached hydrogens (primary N) is 1. The number of hydrogen-bond donors (Lipinski definition) is 7. The number of halogens is 2. The van der Waals surface area contributed by atoms with Crippen LogP contribution in [0.2, 0.25) is 0 Å². The molecular formula is C10H16F2N3O14P3. The number of anilines is 1. The summed E-state index contributed by atoms with van der Waals surface area (Å²) in [6, 6.07) is 1.03. The first-order chi connectivity index (χ1) is 14.4. The molecule has 184 valence electrons. The van der Waals surface area contributed by atoms with Crippen LogP contribution >= 0.6 is 23.5 Å². The fourth-order valence-corrected chi connectivity index (χ4v) is 5.56. The number of phosphoric acid groups is 3. The van der Waals surface area contributed by atoms with Gasteiger partial charge < -0.3 is 40.3 Å². The molecule has 1 saturated heterocycles. The summed E-state index contributed by atoms with van der Waals surface area (Å²) in [5.41, 5.74) is 0.805. The predicted molar refractivity (Wildman–Crippen MR) is 93.6 cm³/mol. The lowest BCUT2D eigenvalue weighted by Gasteiger charge is -2.31. The van der Waals surface area contributed by atoms with E-state index in [-0.39, 0.29) is 5.82 Å². The quantitative estimate of drug-likeness (QED) is 0.177.